The van der Waals surface area contributed by atoms with Gasteiger partial charge in [-0.3, -0.25) is 0 Å². The van der Waals surface area contributed by atoms with E-state index in [0.29, 0.717) is 19.7 Å². The Morgan fingerprint density at radius 2 is 1.95 bits per heavy atom. The molecule has 0 aromatic heterocycles. The first-order chi connectivity index (χ1) is 10.2. The van der Waals surface area contributed by atoms with E-state index in [1.807, 2.05) is 42.5 Å². The van der Waals surface area contributed by atoms with Gasteiger partial charge >= 0.3 is 6.09 Å². The summed E-state index contributed by atoms with van der Waals surface area (Å²) < 4.78 is 6.51. The molecule has 0 bridgehead atoms. The molecule has 108 valence electrons. The molecule has 0 saturated carbocycles. The van der Waals surface area contributed by atoms with Crippen molar-refractivity contribution >= 4 is 22.0 Å². The van der Waals surface area contributed by atoms with E-state index in [9.17, 15) is 4.79 Å². The van der Waals surface area contributed by atoms with Crippen LogP contribution in [0.2, 0.25) is 0 Å². The van der Waals surface area contributed by atoms with Crippen LogP contribution in [-0.4, -0.2) is 17.5 Å². The second kappa shape index (κ2) is 6.31. The Morgan fingerprint density at radius 3 is 2.76 bits per heavy atom. The van der Waals surface area contributed by atoms with Crippen molar-refractivity contribution in [2.24, 2.45) is 0 Å². The average molecular weight is 346 g/mol. The van der Waals surface area contributed by atoms with Crippen LogP contribution in [0.15, 0.2) is 53.0 Å². The van der Waals surface area contributed by atoms with Gasteiger partial charge in [0.1, 0.15) is 6.61 Å². The molecule has 0 aliphatic carbocycles. The lowest BCUT2D eigenvalue weighted by atomic mass is 10.0. The van der Waals surface area contributed by atoms with Crippen LogP contribution in [0.25, 0.3) is 0 Å². The summed E-state index contributed by atoms with van der Waals surface area (Å²) in [4.78, 5) is 13.9. The van der Waals surface area contributed by atoms with E-state index in [1.165, 1.54) is 11.1 Å². The minimum Gasteiger partial charge on any atom is -0.445 e. The summed E-state index contributed by atoms with van der Waals surface area (Å²) in [5, 5.41) is 0. The fourth-order valence-corrected chi connectivity index (χ4v) is 3.13. The zero-order valence-electron chi connectivity index (χ0n) is 11.6. The van der Waals surface area contributed by atoms with Crippen LogP contribution in [0.1, 0.15) is 16.7 Å². The molecular formula is C17H16BrNO2. The Labute approximate surface area is 132 Å². The van der Waals surface area contributed by atoms with E-state index < -0.39 is 0 Å². The Hall–Kier alpha value is -1.81. The summed E-state index contributed by atoms with van der Waals surface area (Å²) in [6, 6.07) is 15.9. The number of amides is 1. The molecule has 1 heterocycles. The molecule has 0 spiro atoms. The number of nitrogens with zero attached hydrogens (tertiary/aromatic N) is 1. The first-order valence-electron chi connectivity index (χ1n) is 6.96. The van der Waals surface area contributed by atoms with Crippen molar-refractivity contribution in [2.45, 2.75) is 19.6 Å². The predicted molar refractivity (Wildman–Crippen MR) is 84.9 cm³/mol. The Balaban J connectivity index is 1.62. The molecule has 0 unspecified atom stereocenters. The van der Waals surface area contributed by atoms with Gasteiger partial charge < -0.3 is 9.64 Å². The molecule has 2 aromatic rings. The number of hydrogen-bond donors (Lipinski definition) is 0. The molecule has 3 nitrogen and oxygen atoms in total. The minimum atomic E-state index is -0.246. The van der Waals surface area contributed by atoms with Crippen LogP contribution in [0.4, 0.5) is 4.79 Å². The molecule has 2 aromatic carbocycles. The van der Waals surface area contributed by atoms with Crippen molar-refractivity contribution in [1.82, 2.24) is 4.90 Å². The van der Waals surface area contributed by atoms with Crippen molar-refractivity contribution in [3.05, 3.63) is 69.7 Å². The van der Waals surface area contributed by atoms with Gasteiger partial charge in [-0.25, -0.2) is 4.79 Å². The van der Waals surface area contributed by atoms with Crippen molar-refractivity contribution in [1.29, 1.82) is 0 Å². The molecule has 4 heteroatoms. The van der Waals surface area contributed by atoms with Crippen LogP contribution < -0.4 is 0 Å². The van der Waals surface area contributed by atoms with Crippen LogP contribution in [0.5, 0.6) is 0 Å². The van der Waals surface area contributed by atoms with E-state index in [0.717, 1.165) is 16.5 Å². The van der Waals surface area contributed by atoms with E-state index in [-0.39, 0.29) is 6.09 Å². The summed E-state index contributed by atoms with van der Waals surface area (Å²) in [7, 11) is 0. The van der Waals surface area contributed by atoms with E-state index in [1.54, 1.807) is 4.90 Å². The summed E-state index contributed by atoms with van der Waals surface area (Å²) in [6.07, 6.45) is 0.612. The predicted octanol–water partition coefficient (Wildman–Crippen LogP) is 4.14. The summed E-state index contributed by atoms with van der Waals surface area (Å²) in [6.45, 7) is 1.63. The van der Waals surface area contributed by atoms with Crippen LogP contribution in [0.3, 0.4) is 0 Å². The highest BCUT2D eigenvalue weighted by molar-refractivity contribution is 9.10. The quantitative estimate of drug-likeness (QED) is 0.818. The number of halogens is 1. The normalized spacial score (nSPS) is 13.7. The largest absolute Gasteiger partial charge is 0.445 e. The number of carbonyl (C=O) groups is 1. The number of rotatable bonds is 2. The van der Waals surface area contributed by atoms with Gasteiger partial charge in [0.05, 0.1) is 0 Å². The van der Waals surface area contributed by atoms with Gasteiger partial charge in [0, 0.05) is 17.6 Å². The molecule has 0 atom stereocenters. The molecule has 1 amide bonds. The number of benzene rings is 2. The van der Waals surface area contributed by atoms with Gasteiger partial charge in [0.2, 0.25) is 0 Å². The second-order valence-corrected chi connectivity index (χ2v) is 5.94. The molecule has 0 saturated heterocycles. The maximum Gasteiger partial charge on any atom is 0.410 e. The lowest BCUT2D eigenvalue weighted by Gasteiger charge is -2.28. The lowest BCUT2D eigenvalue weighted by Crippen LogP contribution is -2.36. The van der Waals surface area contributed by atoms with E-state index in [4.69, 9.17) is 4.74 Å². The highest BCUT2D eigenvalue weighted by atomic mass is 79.9. The highest BCUT2D eigenvalue weighted by Crippen LogP contribution is 2.26. The molecule has 0 fully saturated rings. The Morgan fingerprint density at radius 1 is 1.14 bits per heavy atom. The molecular weight excluding hydrogens is 330 g/mol. The fourth-order valence-electron chi connectivity index (χ4n) is 2.53. The minimum absolute atomic E-state index is 0.246. The summed E-state index contributed by atoms with van der Waals surface area (Å²) in [5.41, 5.74) is 3.49. The standard InChI is InChI=1S/C17H16BrNO2/c18-16-8-4-7-14-11-19(10-9-15(14)16)17(20)21-12-13-5-2-1-3-6-13/h1-8H,9-12H2. The van der Waals surface area contributed by atoms with Crippen molar-refractivity contribution in [3.8, 4) is 0 Å². The second-order valence-electron chi connectivity index (χ2n) is 5.09. The van der Waals surface area contributed by atoms with Crippen molar-refractivity contribution in [2.75, 3.05) is 6.54 Å². The Kier molecular flexibility index (Phi) is 4.25. The smallest absolute Gasteiger partial charge is 0.410 e. The topological polar surface area (TPSA) is 29.5 Å². The third-order valence-corrected chi connectivity index (χ3v) is 4.42. The van der Waals surface area contributed by atoms with Crippen molar-refractivity contribution < 1.29 is 9.53 Å². The van der Waals surface area contributed by atoms with E-state index >= 15 is 0 Å². The van der Waals surface area contributed by atoms with Crippen LogP contribution in [0, 0.1) is 0 Å². The lowest BCUT2D eigenvalue weighted by molar-refractivity contribution is 0.0918. The molecule has 0 radical (unpaired) electrons. The monoisotopic (exact) mass is 345 g/mol. The van der Waals surface area contributed by atoms with Gasteiger partial charge in [-0.05, 0) is 29.2 Å². The molecule has 21 heavy (non-hydrogen) atoms. The number of ether oxygens (including phenoxy) is 1. The average Bonchev–Trinajstić information content (AvgIpc) is 2.53. The van der Waals surface area contributed by atoms with Crippen LogP contribution in [-0.2, 0) is 24.3 Å². The molecule has 0 N–H and O–H groups in total. The molecule has 3 rings (SSSR count). The molecule has 1 aliphatic rings. The van der Waals surface area contributed by atoms with Gasteiger partial charge in [-0.2, -0.15) is 0 Å². The fraction of sp³-hybridized carbons (Fsp3) is 0.235. The van der Waals surface area contributed by atoms with Gasteiger partial charge in [-0.15, -0.1) is 0 Å². The highest BCUT2D eigenvalue weighted by Gasteiger charge is 2.22. The number of carbonyl (C=O) groups excluding carboxylic acids is 1. The maximum absolute atomic E-state index is 12.2. The number of hydrogen-bond acceptors (Lipinski definition) is 2. The van der Waals surface area contributed by atoms with Crippen LogP contribution >= 0.6 is 15.9 Å². The number of fused-ring (bicyclic) bond motifs is 1. The first-order valence-corrected chi connectivity index (χ1v) is 7.75. The summed E-state index contributed by atoms with van der Waals surface area (Å²) in [5.74, 6) is 0. The Bertz CT molecular complexity index is 642. The van der Waals surface area contributed by atoms with Crippen molar-refractivity contribution in [3.63, 3.8) is 0 Å². The third-order valence-electron chi connectivity index (χ3n) is 3.67. The zero-order chi connectivity index (χ0) is 14.7. The third kappa shape index (κ3) is 3.27. The summed E-state index contributed by atoms with van der Waals surface area (Å²) >= 11 is 3.57. The van der Waals surface area contributed by atoms with Gasteiger partial charge in [-0.1, -0.05) is 58.4 Å². The first kappa shape index (κ1) is 14.1. The maximum atomic E-state index is 12.2. The molecule has 1 aliphatic heterocycles. The van der Waals surface area contributed by atoms with E-state index in [2.05, 4.69) is 22.0 Å². The SMILES string of the molecule is O=C(OCc1ccccc1)N1CCc2c(Br)cccc2C1. The van der Waals surface area contributed by atoms with Gasteiger partial charge in [0.15, 0.2) is 0 Å². The van der Waals surface area contributed by atoms with Gasteiger partial charge in [0.25, 0.3) is 0 Å². The zero-order valence-corrected chi connectivity index (χ0v) is 13.2.